The van der Waals surface area contributed by atoms with Gasteiger partial charge < -0.3 is 19.2 Å². The third kappa shape index (κ3) is 5.38. The average Bonchev–Trinajstić information content (AvgIpc) is 3.37. The van der Waals surface area contributed by atoms with E-state index < -0.39 is 0 Å². The number of carbonyl (C=O) groups excluding carboxylic acids is 1. The molecule has 0 radical (unpaired) electrons. The molecule has 3 heterocycles. The number of rotatable bonds is 8. The van der Waals surface area contributed by atoms with Gasteiger partial charge in [-0.2, -0.15) is 0 Å². The molecule has 31 heavy (non-hydrogen) atoms. The summed E-state index contributed by atoms with van der Waals surface area (Å²) in [5, 5.41) is 15.4. The predicted octanol–water partition coefficient (Wildman–Crippen LogP) is 3.08. The van der Waals surface area contributed by atoms with Gasteiger partial charge in [0, 0.05) is 6.42 Å². The number of hydrogen-bond acceptors (Lipinski definition) is 8. The summed E-state index contributed by atoms with van der Waals surface area (Å²) in [7, 11) is 0. The molecule has 9 nitrogen and oxygen atoms in total. The minimum atomic E-state index is -0.149. The van der Waals surface area contributed by atoms with Crippen molar-refractivity contribution < 1.29 is 18.7 Å². The van der Waals surface area contributed by atoms with Crippen molar-refractivity contribution in [2.45, 2.75) is 38.0 Å². The SMILES string of the molecule is CC(C)[C@@H](NC(=O)CSc1nnnn1Cc1ccco1)c1ccc2c(c1)OCCCO2. The zero-order valence-electron chi connectivity index (χ0n) is 17.5. The van der Waals surface area contributed by atoms with Gasteiger partial charge in [-0.15, -0.1) is 5.10 Å². The number of fused-ring (bicyclic) bond motifs is 1. The normalized spacial score (nSPS) is 14.3. The molecule has 1 atom stereocenters. The van der Waals surface area contributed by atoms with Crippen LogP contribution in [0.25, 0.3) is 0 Å². The summed E-state index contributed by atoms with van der Waals surface area (Å²) in [6, 6.07) is 9.37. The lowest BCUT2D eigenvalue weighted by molar-refractivity contribution is -0.119. The van der Waals surface area contributed by atoms with Crippen LogP contribution in [0.4, 0.5) is 0 Å². The van der Waals surface area contributed by atoms with Crippen molar-refractivity contribution in [1.29, 1.82) is 0 Å². The van der Waals surface area contributed by atoms with Crippen LogP contribution in [0.15, 0.2) is 46.2 Å². The van der Waals surface area contributed by atoms with Gasteiger partial charge in [0.1, 0.15) is 12.3 Å². The van der Waals surface area contributed by atoms with Gasteiger partial charge in [0.25, 0.3) is 0 Å². The van der Waals surface area contributed by atoms with Crippen LogP contribution in [-0.4, -0.2) is 45.1 Å². The van der Waals surface area contributed by atoms with E-state index in [-0.39, 0.29) is 23.6 Å². The Morgan fingerprint density at radius 2 is 2.06 bits per heavy atom. The molecule has 10 heteroatoms. The largest absolute Gasteiger partial charge is 0.490 e. The van der Waals surface area contributed by atoms with Gasteiger partial charge in [-0.1, -0.05) is 31.7 Å². The van der Waals surface area contributed by atoms with Crippen LogP contribution in [0.3, 0.4) is 0 Å². The molecule has 1 aliphatic rings. The highest BCUT2D eigenvalue weighted by molar-refractivity contribution is 7.99. The Bertz CT molecular complexity index is 1010. The van der Waals surface area contributed by atoms with Crippen LogP contribution < -0.4 is 14.8 Å². The van der Waals surface area contributed by atoms with Gasteiger partial charge >= 0.3 is 0 Å². The third-order valence-corrected chi connectivity index (χ3v) is 5.79. The summed E-state index contributed by atoms with van der Waals surface area (Å²) >= 11 is 1.29. The second-order valence-electron chi connectivity index (χ2n) is 7.53. The molecule has 0 spiro atoms. The lowest BCUT2D eigenvalue weighted by atomic mass is 9.95. The van der Waals surface area contributed by atoms with E-state index in [2.05, 4.69) is 34.7 Å². The molecular weight excluding hydrogens is 418 g/mol. The Balaban J connectivity index is 1.39. The molecule has 164 valence electrons. The Morgan fingerprint density at radius 3 is 2.84 bits per heavy atom. The van der Waals surface area contributed by atoms with Crippen LogP contribution in [0.1, 0.15) is 37.6 Å². The molecule has 3 aromatic rings. The number of aromatic nitrogens is 4. The first-order valence-corrected chi connectivity index (χ1v) is 11.2. The quantitative estimate of drug-likeness (QED) is 0.530. The molecule has 1 amide bonds. The third-order valence-electron chi connectivity index (χ3n) is 4.83. The average molecular weight is 444 g/mol. The molecule has 2 aromatic heterocycles. The molecule has 0 saturated heterocycles. The van der Waals surface area contributed by atoms with Crippen LogP contribution in [0, 0.1) is 5.92 Å². The zero-order chi connectivity index (χ0) is 21.6. The Morgan fingerprint density at radius 1 is 1.23 bits per heavy atom. The maximum Gasteiger partial charge on any atom is 0.230 e. The van der Waals surface area contributed by atoms with Crippen LogP contribution in [0.5, 0.6) is 11.5 Å². The first-order chi connectivity index (χ1) is 15.1. The van der Waals surface area contributed by atoms with Gasteiger partial charge in [0.05, 0.1) is 31.3 Å². The van der Waals surface area contributed by atoms with Crippen molar-refractivity contribution in [3.8, 4) is 11.5 Å². The van der Waals surface area contributed by atoms with Crippen molar-refractivity contribution in [1.82, 2.24) is 25.5 Å². The highest BCUT2D eigenvalue weighted by atomic mass is 32.2. The molecule has 0 fully saturated rings. The molecule has 0 aliphatic carbocycles. The maximum absolute atomic E-state index is 12.7. The molecule has 4 rings (SSSR count). The number of amides is 1. The van der Waals surface area contributed by atoms with Gasteiger partial charge in [-0.3, -0.25) is 4.79 Å². The number of thioether (sulfide) groups is 1. The second kappa shape index (κ2) is 9.86. The van der Waals surface area contributed by atoms with Crippen LogP contribution >= 0.6 is 11.8 Å². The summed E-state index contributed by atoms with van der Waals surface area (Å²) in [6.07, 6.45) is 2.45. The lowest BCUT2D eigenvalue weighted by Crippen LogP contribution is -2.33. The van der Waals surface area contributed by atoms with Crippen molar-refractivity contribution in [3.63, 3.8) is 0 Å². The van der Waals surface area contributed by atoms with E-state index >= 15 is 0 Å². The fourth-order valence-electron chi connectivity index (χ4n) is 3.30. The summed E-state index contributed by atoms with van der Waals surface area (Å²) in [4.78, 5) is 12.7. The van der Waals surface area contributed by atoms with Crippen molar-refractivity contribution in [2.24, 2.45) is 5.92 Å². The van der Waals surface area contributed by atoms with Gasteiger partial charge in [0.15, 0.2) is 11.5 Å². The fraction of sp³-hybridized carbons (Fsp3) is 0.429. The topological polar surface area (TPSA) is 104 Å². The maximum atomic E-state index is 12.7. The van der Waals surface area contributed by atoms with Gasteiger partial charge in [0.2, 0.25) is 11.1 Å². The monoisotopic (exact) mass is 443 g/mol. The first kappa shape index (κ1) is 21.2. The minimum Gasteiger partial charge on any atom is -0.490 e. The van der Waals surface area contributed by atoms with Crippen LogP contribution in [-0.2, 0) is 11.3 Å². The van der Waals surface area contributed by atoms with Crippen molar-refractivity contribution >= 4 is 17.7 Å². The highest BCUT2D eigenvalue weighted by Crippen LogP contribution is 2.34. The zero-order valence-corrected chi connectivity index (χ0v) is 18.3. The summed E-state index contributed by atoms with van der Waals surface area (Å²) in [5.41, 5.74) is 0.986. The molecular formula is C21H25N5O4S. The number of nitrogens with zero attached hydrogens (tertiary/aromatic N) is 4. The summed E-state index contributed by atoms with van der Waals surface area (Å²) in [5.74, 6) is 2.52. The number of nitrogens with one attached hydrogen (secondary N) is 1. The standard InChI is InChI=1S/C21H25N5O4S/c1-14(2)20(15-6-7-17-18(11-15)30-10-4-9-29-17)22-19(27)13-31-21-23-24-25-26(21)12-16-5-3-8-28-16/h3,5-8,11,14,20H,4,9-10,12-13H2,1-2H3,(H,22,27)/t20-/m1/s1. The molecule has 0 bridgehead atoms. The predicted molar refractivity (Wildman–Crippen MR) is 114 cm³/mol. The Kier molecular flexibility index (Phi) is 6.76. The van der Waals surface area contributed by atoms with E-state index in [1.54, 1.807) is 10.9 Å². The summed E-state index contributed by atoms with van der Waals surface area (Å²) < 4.78 is 18.5. The van der Waals surface area contributed by atoms with E-state index in [1.807, 2.05) is 30.3 Å². The fourth-order valence-corrected chi connectivity index (χ4v) is 3.99. The highest BCUT2D eigenvalue weighted by Gasteiger charge is 2.22. The molecule has 1 aliphatic heterocycles. The Hall–Kier alpha value is -3.01. The number of hydrogen-bond donors (Lipinski definition) is 1. The number of tetrazole rings is 1. The van der Waals surface area contributed by atoms with Crippen LogP contribution in [0.2, 0.25) is 0 Å². The van der Waals surface area contributed by atoms with Gasteiger partial charge in [-0.05, 0) is 46.2 Å². The number of carbonyl (C=O) groups is 1. The van der Waals surface area contributed by atoms with E-state index in [9.17, 15) is 4.79 Å². The smallest absolute Gasteiger partial charge is 0.230 e. The van der Waals surface area contributed by atoms with E-state index in [1.165, 1.54) is 11.8 Å². The lowest BCUT2D eigenvalue weighted by Gasteiger charge is -2.23. The molecule has 0 saturated carbocycles. The second-order valence-corrected chi connectivity index (χ2v) is 8.48. The number of ether oxygens (including phenoxy) is 2. The van der Waals surface area contributed by atoms with E-state index in [4.69, 9.17) is 13.9 Å². The number of benzene rings is 1. The number of furan rings is 1. The van der Waals surface area contributed by atoms with Crippen molar-refractivity contribution in [3.05, 3.63) is 47.9 Å². The summed E-state index contributed by atoms with van der Waals surface area (Å²) in [6.45, 7) is 5.83. The van der Waals surface area contributed by atoms with Crippen molar-refractivity contribution in [2.75, 3.05) is 19.0 Å². The molecule has 1 aromatic carbocycles. The molecule has 1 N–H and O–H groups in total. The van der Waals surface area contributed by atoms with E-state index in [0.29, 0.717) is 24.9 Å². The first-order valence-electron chi connectivity index (χ1n) is 10.2. The van der Waals surface area contributed by atoms with E-state index in [0.717, 1.165) is 29.2 Å². The Labute approximate surface area is 184 Å². The minimum absolute atomic E-state index is 0.0941. The van der Waals surface area contributed by atoms with Gasteiger partial charge in [-0.25, -0.2) is 4.68 Å². The molecule has 0 unspecified atom stereocenters.